The zero-order valence-corrected chi connectivity index (χ0v) is 12.7. The summed E-state index contributed by atoms with van der Waals surface area (Å²) in [5.41, 5.74) is 0. The fourth-order valence-corrected chi connectivity index (χ4v) is 2.58. The van der Waals surface area contributed by atoms with Crippen LogP contribution >= 0.6 is 0 Å². The highest BCUT2D eigenvalue weighted by atomic mass is 16.3. The molecule has 0 fully saturated rings. The molecular weight excluding hydrogens is 282 g/mol. The molecule has 2 aromatic heterocycles. The molecule has 1 atom stereocenters. The van der Waals surface area contributed by atoms with Gasteiger partial charge in [-0.2, -0.15) is 5.10 Å². The van der Waals surface area contributed by atoms with Crippen molar-refractivity contribution in [1.29, 1.82) is 0 Å². The summed E-state index contributed by atoms with van der Waals surface area (Å²) in [5.74, 6) is 2.67. The van der Waals surface area contributed by atoms with Crippen LogP contribution in [0.5, 0.6) is 0 Å². The highest BCUT2D eigenvalue weighted by molar-refractivity contribution is 5.77. The number of carbonyl (C=O) groups is 1. The zero-order valence-electron chi connectivity index (χ0n) is 12.7. The summed E-state index contributed by atoms with van der Waals surface area (Å²) >= 11 is 0. The smallest absolute Gasteiger partial charge is 0.234 e. The van der Waals surface area contributed by atoms with Crippen LogP contribution in [0.25, 0.3) is 0 Å². The molecule has 7 nitrogen and oxygen atoms in total. The van der Waals surface area contributed by atoms with E-state index in [0.717, 1.165) is 43.2 Å². The van der Waals surface area contributed by atoms with Crippen LogP contribution in [0.3, 0.4) is 0 Å². The average molecular weight is 303 g/mol. The minimum Gasteiger partial charge on any atom is -0.467 e. The first-order valence-corrected chi connectivity index (χ1v) is 7.69. The standard InChI is InChI=1S/C15H21N5O2/c1-2-13-18-14-6-5-11(10-20(14)19-13)16-9-15(21)17-8-12-4-3-7-22-12/h3-4,7,11,16H,2,5-6,8-10H2,1H3,(H,17,21). The van der Waals surface area contributed by atoms with Crippen LogP contribution < -0.4 is 10.6 Å². The maximum absolute atomic E-state index is 11.8. The van der Waals surface area contributed by atoms with Crippen molar-refractivity contribution >= 4 is 5.91 Å². The predicted octanol–water partition coefficient (Wildman–Crippen LogP) is 0.654. The van der Waals surface area contributed by atoms with Crippen molar-refractivity contribution in [2.45, 2.75) is 45.3 Å². The second-order valence-electron chi connectivity index (χ2n) is 5.45. The van der Waals surface area contributed by atoms with Crippen LogP contribution in [-0.2, 0) is 30.7 Å². The summed E-state index contributed by atoms with van der Waals surface area (Å²) in [4.78, 5) is 16.3. The van der Waals surface area contributed by atoms with Crippen LogP contribution in [-0.4, -0.2) is 33.3 Å². The molecule has 2 aromatic rings. The molecule has 1 aliphatic heterocycles. The molecular formula is C15H21N5O2. The Morgan fingerprint density at radius 2 is 2.45 bits per heavy atom. The molecule has 1 aliphatic rings. The summed E-state index contributed by atoms with van der Waals surface area (Å²) < 4.78 is 7.14. The number of rotatable bonds is 6. The van der Waals surface area contributed by atoms with Crippen LogP contribution in [0.2, 0.25) is 0 Å². The minimum absolute atomic E-state index is 0.0324. The average Bonchev–Trinajstić information content (AvgIpc) is 3.19. The van der Waals surface area contributed by atoms with E-state index in [1.54, 1.807) is 6.26 Å². The summed E-state index contributed by atoms with van der Waals surface area (Å²) in [6.07, 6.45) is 4.33. The first-order chi connectivity index (χ1) is 10.7. The summed E-state index contributed by atoms with van der Waals surface area (Å²) in [7, 11) is 0. The first kappa shape index (κ1) is 14.8. The Hall–Kier alpha value is -2.15. The molecule has 1 amide bonds. The van der Waals surface area contributed by atoms with Crippen LogP contribution in [0.4, 0.5) is 0 Å². The van der Waals surface area contributed by atoms with Gasteiger partial charge in [0.1, 0.15) is 11.6 Å². The Morgan fingerprint density at radius 3 is 3.23 bits per heavy atom. The highest BCUT2D eigenvalue weighted by Gasteiger charge is 2.21. The third-order valence-electron chi connectivity index (χ3n) is 3.81. The number of furan rings is 1. The largest absolute Gasteiger partial charge is 0.467 e. The van der Waals surface area contributed by atoms with Crippen molar-refractivity contribution in [3.8, 4) is 0 Å². The Labute approximate surface area is 129 Å². The molecule has 0 saturated heterocycles. The molecule has 22 heavy (non-hydrogen) atoms. The lowest BCUT2D eigenvalue weighted by atomic mass is 10.1. The van der Waals surface area contributed by atoms with Gasteiger partial charge in [0.25, 0.3) is 0 Å². The van der Waals surface area contributed by atoms with Gasteiger partial charge in [-0.1, -0.05) is 6.92 Å². The van der Waals surface area contributed by atoms with Crippen LogP contribution in [0.1, 0.15) is 30.8 Å². The van der Waals surface area contributed by atoms with E-state index in [2.05, 4.69) is 27.6 Å². The summed E-state index contributed by atoms with van der Waals surface area (Å²) in [6.45, 7) is 3.55. The van der Waals surface area contributed by atoms with E-state index in [-0.39, 0.29) is 11.9 Å². The predicted molar refractivity (Wildman–Crippen MR) is 80.1 cm³/mol. The Morgan fingerprint density at radius 1 is 1.55 bits per heavy atom. The molecule has 0 aromatic carbocycles. The Bertz CT molecular complexity index is 620. The number of nitrogens with one attached hydrogen (secondary N) is 2. The van der Waals surface area contributed by atoms with Crippen molar-refractivity contribution in [1.82, 2.24) is 25.4 Å². The second kappa shape index (κ2) is 6.74. The van der Waals surface area contributed by atoms with E-state index >= 15 is 0 Å². The molecule has 118 valence electrons. The lowest BCUT2D eigenvalue weighted by Gasteiger charge is -2.23. The fraction of sp³-hybridized carbons (Fsp3) is 0.533. The molecule has 0 bridgehead atoms. The van der Waals surface area contributed by atoms with E-state index in [4.69, 9.17) is 4.42 Å². The van der Waals surface area contributed by atoms with Gasteiger partial charge < -0.3 is 15.1 Å². The van der Waals surface area contributed by atoms with Gasteiger partial charge in [-0.05, 0) is 18.6 Å². The topological polar surface area (TPSA) is 85.0 Å². The summed E-state index contributed by atoms with van der Waals surface area (Å²) in [5, 5.41) is 10.6. The minimum atomic E-state index is -0.0324. The number of carbonyl (C=O) groups excluding carboxylic acids is 1. The van der Waals surface area contributed by atoms with E-state index in [1.807, 2.05) is 16.8 Å². The molecule has 0 saturated carbocycles. The first-order valence-electron chi connectivity index (χ1n) is 7.69. The fourth-order valence-electron chi connectivity index (χ4n) is 2.58. The van der Waals surface area contributed by atoms with Gasteiger partial charge in [0.2, 0.25) is 5.91 Å². The Kier molecular flexibility index (Phi) is 4.53. The normalized spacial score (nSPS) is 17.2. The third kappa shape index (κ3) is 3.54. The third-order valence-corrected chi connectivity index (χ3v) is 3.81. The van der Waals surface area contributed by atoms with E-state index in [1.165, 1.54) is 0 Å². The Balaban J connectivity index is 1.43. The monoisotopic (exact) mass is 303 g/mol. The van der Waals surface area contributed by atoms with E-state index in [9.17, 15) is 4.79 Å². The van der Waals surface area contributed by atoms with Gasteiger partial charge in [-0.3, -0.25) is 4.79 Å². The second-order valence-corrected chi connectivity index (χ2v) is 5.45. The van der Waals surface area contributed by atoms with E-state index in [0.29, 0.717) is 13.1 Å². The van der Waals surface area contributed by atoms with Gasteiger partial charge in [0, 0.05) is 18.9 Å². The van der Waals surface area contributed by atoms with Crippen LogP contribution in [0, 0.1) is 0 Å². The molecule has 0 radical (unpaired) electrons. The zero-order chi connectivity index (χ0) is 15.4. The summed E-state index contributed by atoms with van der Waals surface area (Å²) in [6, 6.07) is 3.90. The lowest BCUT2D eigenvalue weighted by Crippen LogP contribution is -2.43. The number of aromatic nitrogens is 3. The molecule has 0 spiro atoms. The highest BCUT2D eigenvalue weighted by Crippen LogP contribution is 2.13. The SMILES string of the molecule is CCc1nc2n(n1)CC(NCC(=O)NCc1ccco1)CC2. The quantitative estimate of drug-likeness (QED) is 0.818. The maximum atomic E-state index is 11.8. The maximum Gasteiger partial charge on any atom is 0.234 e. The van der Waals surface area contributed by atoms with Crippen LogP contribution in [0.15, 0.2) is 22.8 Å². The van der Waals surface area contributed by atoms with Gasteiger partial charge in [0.05, 0.1) is 25.9 Å². The van der Waals surface area contributed by atoms with Crippen molar-refractivity contribution in [3.05, 3.63) is 35.8 Å². The number of aryl methyl sites for hydroxylation is 2. The molecule has 3 rings (SSSR count). The molecule has 7 heteroatoms. The molecule has 3 heterocycles. The van der Waals surface area contributed by atoms with Crippen molar-refractivity contribution in [2.24, 2.45) is 0 Å². The van der Waals surface area contributed by atoms with Gasteiger partial charge in [0.15, 0.2) is 5.82 Å². The van der Waals surface area contributed by atoms with E-state index < -0.39 is 0 Å². The van der Waals surface area contributed by atoms with Gasteiger partial charge >= 0.3 is 0 Å². The number of hydrogen-bond acceptors (Lipinski definition) is 5. The molecule has 2 N–H and O–H groups in total. The van der Waals surface area contributed by atoms with Crippen molar-refractivity contribution in [2.75, 3.05) is 6.54 Å². The number of hydrogen-bond donors (Lipinski definition) is 2. The number of amides is 1. The lowest BCUT2D eigenvalue weighted by molar-refractivity contribution is -0.120. The van der Waals surface area contributed by atoms with Gasteiger partial charge in [-0.15, -0.1) is 0 Å². The molecule has 0 aliphatic carbocycles. The van der Waals surface area contributed by atoms with Crippen molar-refractivity contribution in [3.63, 3.8) is 0 Å². The molecule has 1 unspecified atom stereocenters. The number of nitrogens with zero attached hydrogens (tertiary/aromatic N) is 3. The van der Waals surface area contributed by atoms with Crippen molar-refractivity contribution < 1.29 is 9.21 Å². The van der Waals surface area contributed by atoms with Gasteiger partial charge in [-0.25, -0.2) is 9.67 Å². The number of fused-ring (bicyclic) bond motifs is 1.